The van der Waals surface area contributed by atoms with Crippen molar-refractivity contribution in [2.45, 2.75) is 45.8 Å². The number of anilines is 1. The summed E-state index contributed by atoms with van der Waals surface area (Å²) >= 11 is 6.41. The lowest BCUT2D eigenvalue weighted by molar-refractivity contribution is -0.152. The lowest BCUT2D eigenvalue weighted by Gasteiger charge is -2.44. The molecule has 2 aromatic heterocycles. The van der Waals surface area contributed by atoms with E-state index in [0.717, 1.165) is 21.8 Å². The molecule has 1 aromatic carbocycles. The third kappa shape index (κ3) is 5.08. The number of carbonyl (C=O) groups excluding carboxylic acids is 3. The van der Waals surface area contributed by atoms with Crippen molar-refractivity contribution in [2.75, 3.05) is 38.1 Å². The number of pyridine rings is 1. The number of aromatic nitrogens is 2. The number of ether oxygens (including phenoxy) is 1. The summed E-state index contributed by atoms with van der Waals surface area (Å²) in [5.74, 6) is -0.205. The average molecular weight is 526 g/mol. The highest BCUT2D eigenvalue weighted by Crippen LogP contribution is 2.34. The molecule has 2 amide bonds. The minimum Gasteiger partial charge on any atom is -0.372 e. The number of H-pyrrole nitrogens is 1. The highest BCUT2D eigenvalue weighted by Gasteiger charge is 2.41. The van der Waals surface area contributed by atoms with Gasteiger partial charge in [-0.3, -0.25) is 24.3 Å². The molecule has 2 saturated heterocycles. The number of piperidine rings is 1. The van der Waals surface area contributed by atoms with Gasteiger partial charge in [-0.05, 0) is 32.0 Å². The molecule has 0 bridgehead atoms. The van der Waals surface area contributed by atoms with Crippen molar-refractivity contribution in [1.29, 1.82) is 0 Å². The first kappa shape index (κ1) is 25.6. The topological polar surface area (TPSA) is 108 Å². The number of Topliss-reactive ketones (excluding diaryl/α,β-unsaturated/α-hetero) is 1. The summed E-state index contributed by atoms with van der Waals surface area (Å²) in [6.07, 6.45) is 3.79. The summed E-state index contributed by atoms with van der Waals surface area (Å²) in [4.78, 5) is 50.2. The van der Waals surface area contributed by atoms with E-state index in [0.29, 0.717) is 36.8 Å². The quantitative estimate of drug-likeness (QED) is 0.539. The number of nitrogens with one attached hydrogen (secondary N) is 2. The molecule has 0 aliphatic carbocycles. The highest BCUT2D eigenvalue weighted by molar-refractivity contribution is 6.33. The second kappa shape index (κ2) is 9.38. The van der Waals surface area contributed by atoms with Crippen LogP contribution in [-0.2, 0) is 19.1 Å². The molecule has 4 heterocycles. The van der Waals surface area contributed by atoms with Gasteiger partial charge < -0.3 is 19.9 Å². The van der Waals surface area contributed by atoms with Gasteiger partial charge in [0.25, 0.3) is 0 Å². The fraction of sp³-hybridized carbons (Fsp3) is 0.481. The zero-order valence-corrected chi connectivity index (χ0v) is 22.3. The fourth-order valence-electron chi connectivity index (χ4n) is 5.30. The maximum atomic E-state index is 13.6. The molecule has 0 spiro atoms. The number of aromatic amines is 1. The molecular weight excluding hydrogens is 494 g/mol. The lowest BCUT2D eigenvalue weighted by atomic mass is 9.83. The molecule has 9 nitrogen and oxygen atoms in total. The van der Waals surface area contributed by atoms with E-state index in [2.05, 4.69) is 15.3 Å². The summed E-state index contributed by atoms with van der Waals surface area (Å²) in [5.41, 5.74) is 1.06. The Labute approximate surface area is 220 Å². The van der Waals surface area contributed by atoms with Gasteiger partial charge in [0.1, 0.15) is 11.8 Å². The molecule has 1 atom stereocenters. The first-order chi connectivity index (χ1) is 17.4. The Morgan fingerprint density at radius 3 is 2.76 bits per heavy atom. The maximum absolute atomic E-state index is 13.6. The van der Waals surface area contributed by atoms with Crippen LogP contribution in [0, 0.1) is 5.41 Å². The minimum absolute atomic E-state index is 0.0676. The number of likely N-dealkylation sites (tertiary alicyclic amines) is 1. The molecule has 2 aliphatic heterocycles. The van der Waals surface area contributed by atoms with Crippen molar-refractivity contribution in [3.63, 3.8) is 0 Å². The van der Waals surface area contributed by atoms with Crippen LogP contribution in [-0.4, -0.2) is 81.8 Å². The number of morpholine rings is 1. The predicted molar refractivity (Wildman–Crippen MR) is 143 cm³/mol. The van der Waals surface area contributed by atoms with Crippen LogP contribution in [0.15, 0.2) is 30.6 Å². The molecule has 0 saturated carbocycles. The molecular formula is C27H32ClN5O4. The average Bonchev–Trinajstić information content (AvgIpc) is 3.19. The van der Waals surface area contributed by atoms with Gasteiger partial charge in [0.15, 0.2) is 0 Å². The molecule has 37 heavy (non-hydrogen) atoms. The Morgan fingerprint density at radius 1 is 1.22 bits per heavy atom. The molecule has 196 valence electrons. The first-order valence-electron chi connectivity index (χ1n) is 12.5. The smallest absolute Gasteiger partial charge is 0.244 e. The van der Waals surface area contributed by atoms with Gasteiger partial charge >= 0.3 is 0 Å². The van der Waals surface area contributed by atoms with Crippen LogP contribution in [0.4, 0.5) is 5.69 Å². The number of halogens is 1. The number of rotatable bonds is 4. The Kier molecular flexibility index (Phi) is 6.50. The van der Waals surface area contributed by atoms with E-state index < -0.39 is 17.1 Å². The maximum Gasteiger partial charge on any atom is 0.244 e. The molecule has 0 unspecified atom stereocenters. The molecule has 3 aromatic rings. The van der Waals surface area contributed by atoms with Crippen molar-refractivity contribution >= 4 is 56.7 Å². The molecule has 5 rings (SSSR count). The van der Waals surface area contributed by atoms with Gasteiger partial charge in [-0.1, -0.05) is 25.4 Å². The van der Waals surface area contributed by atoms with Crippen molar-refractivity contribution < 1.29 is 19.1 Å². The Morgan fingerprint density at radius 2 is 2.00 bits per heavy atom. The van der Waals surface area contributed by atoms with Crippen molar-refractivity contribution in [1.82, 2.24) is 19.8 Å². The number of hydrogen-bond acceptors (Lipinski definition) is 6. The van der Waals surface area contributed by atoms with Gasteiger partial charge in [-0.15, -0.1) is 0 Å². The number of fused-ring (bicyclic) bond motifs is 3. The summed E-state index contributed by atoms with van der Waals surface area (Å²) in [6, 6.07) is 4.79. The first-order valence-corrected chi connectivity index (χ1v) is 12.9. The number of nitrogens with zero attached hydrogens (tertiary/aromatic N) is 3. The monoisotopic (exact) mass is 525 g/mol. The fourth-order valence-corrected chi connectivity index (χ4v) is 5.52. The van der Waals surface area contributed by atoms with Crippen LogP contribution in [0.1, 0.15) is 34.1 Å². The van der Waals surface area contributed by atoms with Gasteiger partial charge in [0.05, 0.1) is 41.7 Å². The number of benzene rings is 1. The van der Waals surface area contributed by atoms with E-state index in [1.165, 1.54) is 0 Å². The zero-order valence-electron chi connectivity index (χ0n) is 21.6. The largest absolute Gasteiger partial charge is 0.372 e. The number of ketones is 1. The van der Waals surface area contributed by atoms with Crippen molar-refractivity contribution in [3.8, 4) is 0 Å². The van der Waals surface area contributed by atoms with Gasteiger partial charge in [-0.2, -0.15) is 0 Å². The molecule has 10 heteroatoms. The molecule has 2 fully saturated rings. The second-order valence-corrected chi connectivity index (χ2v) is 11.7. The van der Waals surface area contributed by atoms with Gasteiger partial charge in [0, 0.05) is 53.5 Å². The SMILES string of the molecule is CC1(C)CN(CC(=O)N2CCC(=O)C(C)(C)C2)[C@H](C(=O)Nc2cc(Cl)cc3c2[nH]c2cnccc23)CO1. The van der Waals surface area contributed by atoms with Crippen molar-refractivity contribution in [2.24, 2.45) is 5.41 Å². The van der Waals surface area contributed by atoms with Crippen LogP contribution in [0.25, 0.3) is 21.8 Å². The van der Waals surface area contributed by atoms with E-state index in [-0.39, 0.29) is 30.7 Å². The van der Waals surface area contributed by atoms with Crippen LogP contribution in [0.5, 0.6) is 0 Å². The molecule has 2 N–H and O–H groups in total. The van der Waals surface area contributed by atoms with E-state index in [1.807, 2.05) is 44.7 Å². The van der Waals surface area contributed by atoms with E-state index in [4.69, 9.17) is 16.3 Å². The molecule has 2 aliphatic rings. The summed E-state index contributed by atoms with van der Waals surface area (Å²) in [7, 11) is 0. The number of carbonyl (C=O) groups is 3. The van der Waals surface area contributed by atoms with Gasteiger partial charge in [-0.25, -0.2) is 0 Å². The van der Waals surface area contributed by atoms with E-state index in [9.17, 15) is 14.4 Å². The standard InChI is InChI=1S/C27H32ClN5O4/c1-26(2)14-32(8-6-22(26)34)23(35)12-33-15-27(3,4)37-13-21(33)25(36)31-19-10-16(28)9-18-17-5-7-29-11-20(17)30-24(18)19/h5,7,9-11,21,30H,6,8,12-15H2,1-4H3,(H,31,36)/t21-/m0/s1. The van der Waals surface area contributed by atoms with Crippen LogP contribution in [0.3, 0.4) is 0 Å². The van der Waals surface area contributed by atoms with Crippen molar-refractivity contribution in [3.05, 3.63) is 35.6 Å². The Balaban J connectivity index is 1.38. The second-order valence-electron chi connectivity index (χ2n) is 11.3. The summed E-state index contributed by atoms with van der Waals surface area (Å²) in [6.45, 7) is 9.04. The van der Waals surface area contributed by atoms with Crippen LogP contribution >= 0.6 is 11.6 Å². The Bertz CT molecular complexity index is 1400. The number of hydrogen-bond donors (Lipinski definition) is 2. The van der Waals surface area contributed by atoms with Gasteiger partial charge in [0.2, 0.25) is 11.8 Å². The van der Waals surface area contributed by atoms with E-state index >= 15 is 0 Å². The summed E-state index contributed by atoms with van der Waals surface area (Å²) in [5, 5.41) is 5.36. The third-order valence-corrected chi connectivity index (χ3v) is 7.55. The predicted octanol–water partition coefficient (Wildman–Crippen LogP) is 3.62. The van der Waals surface area contributed by atoms with Crippen LogP contribution < -0.4 is 5.32 Å². The number of amides is 2. The van der Waals surface area contributed by atoms with E-state index in [1.54, 1.807) is 23.4 Å². The third-order valence-electron chi connectivity index (χ3n) is 7.33. The minimum atomic E-state index is -0.670. The zero-order chi connectivity index (χ0) is 26.5. The lowest BCUT2D eigenvalue weighted by Crippen LogP contribution is -2.61. The normalized spacial score (nSPS) is 21.9. The molecule has 0 radical (unpaired) electrons. The Hall–Kier alpha value is -3.01. The van der Waals surface area contributed by atoms with Crippen LogP contribution in [0.2, 0.25) is 5.02 Å². The summed E-state index contributed by atoms with van der Waals surface area (Å²) < 4.78 is 5.99. The highest BCUT2D eigenvalue weighted by atomic mass is 35.5.